The van der Waals surface area contributed by atoms with Gasteiger partial charge >= 0.3 is 5.97 Å². The lowest BCUT2D eigenvalue weighted by Gasteiger charge is -2.10. The van der Waals surface area contributed by atoms with Crippen molar-refractivity contribution in [3.63, 3.8) is 0 Å². The van der Waals surface area contributed by atoms with Crippen LogP contribution < -0.4 is 0 Å². The number of hydrogen-bond acceptors (Lipinski definition) is 4. The highest BCUT2D eigenvalue weighted by atomic mass is 16.5. The fourth-order valence-corrected chi connectivity index (χ4v) is 1.21. The van der Waals surface area contributed by atoms with E-state index in [9.17, 15) is 4.79 Å². The molecule has 4 heteroatoms. The summed E-state index contributed by atoms with van der Waals surface area (Å²) in [5.74, 6) is -0.352. The minimum absolute atomic E-state index is 0.352. The molecule has 0 aliphatic rings. The number of carbonyl (C=O) groups excluding carboxylic acids is 1. The Morgan fingerprint density at radius 2 is 2.25 bits per heavy atom. The van der Waals surface area contributed by atoms with Crippen molar-refractivity contribution in [2.24, 2.45) is 0 Å². The Balaban J connectivity index is 3.02. The molecule has 16 heavy (non-hydrogen) atoms. The molecule has 0 bridgehead atoms. The molecule has 1 heterocycles. The van der Waals surface area contributed by atoms with Gasteiger partial charge in [-0.25, -0.2) is 4.79 Å². The highest BCUT2D eigenvalue weighted by molar-refractivity contribution is 6.15. The van der Waals surface area contributed by atoms with Crippen LogP contribution in [0, 0.1) is 0 Å². The summed E-state index contributed by atoms with van der Waals surface area (Å²) in [6, 6.07) is 5.43. The van der Waals surface area contributed by atoms with E-state index in [-0.39, 0.29) is 5.97 Å². The first-order valence-electron chi connectivity index (χ1n) is 5.12. The third-order valence-corrected chi connectivity index (χ3v) is 1.82. The van der Waals surface area contributed by atoms with Crippen LogP contribution >= 0.6 is 0 Å². The molecule has 0 aromatic carbocycles. The van der Waals surface area contributed by atoms with E-state index in [2.05, 4.69) is 4.98 Å². The third-order valence-electron chi connectivity index (χ3n) is 1.82. The second-order valence-electron chi connectivity index (χ2n) is 3.44. The minimum Gasteiger partial charge on any atom is -0.462 e. The van der Waals surface area contributed by atoms with E-state index in [0.29, 0.717) is 17.9 Å². The fourth-order valence-electron chi connectivity index (χ4n) is 1.21. The summed E-state index contributed by atoms with van der Waals surface area (Å²) in [5.41, 5.74) is 1.09. The van der Waals surface area contributed by atoms with Gasteiger partial charge in [0, 0.05) is 26.5 Å². The molecule has 0 saturated heterocycles. The summed E-state index contributed by atoms with van der Waals surface area (Å²) in [6.45, 7) is 2.14. The average Bonchev–Trinajstić information content (AvgIpc) is 2.27. The highest BCUT2D eigenvalue weighted by Crippen LogP contribution is 2.13. The van der Waals surface area contributed by atoms with Gasteiger partial charge in [-0.2, -0.15) is 0 Å². The Kier molecular flexibility index (Phi) is 4.51. The third kappa shape index (κ3) is 3.38. The van der Waals surface area contributed by atoms with Gasteiger partial charge in [0.05, 0.1) is 12.3 Å². The SMILES string of the molecule is CCOC(=O)/C(=C/N(C)C)c1ccccn1. The van der Waals surface area contributed by atoms with Crippen LogP contribution in [0.4, 0.5) is 0 Å². The molecule has 0 amide bonds. The maximum atomic E-state index is 11.7. The van der Waals surface area contributed by atoms with Crippen LogP contribution in [0.5, 0.6) is 0 Å². The number of pyridine rings is 1. The largest absolute Gasteiger partial charge is 0.462 e. The lowest BCUT2D eigenvalue weighted by atomic mass is 10.2. The zero-order valence-electron chi connectivity index (χ0n) is 9.80. The standard InChI is InChI=1S/C12H16N2O2/c1-4-16-12(15)10(9-14(2)3)11-7-5-6-8-13-11/h5-9H,4H2,1-3H3/b10-9+. The Morgan fingerprint density at radius 1 is 1.50 bits per heavy atom. The zero-order valence-corrected chi connectivity index (χ0v) is 9.80. The second kappa shape index (κ2) is 5.90. The molecular formula is C12H16N2O2. The predicted molar refractivity (Wildman–Crippen MR) is 62.5 cm³/mol. The molecule has 0 aliphatic heterocycles. The number of hydrogen-bond donors (Lipinski definition) is 0. The predicted octanol–water partition coefficient (Wildman–Crippen LogP) is 1.55. The van der Waals surface area contributed by atoms with Crippen LogP contribution in [0.25, 0.3) is 5.57 Å². The van der Waals surface area contributed by atoms with Crippen molar-refractivity contribution in [2.45, 2.75) is 6.92 Å². The monoisotopic (exact) mass is 220 g/mol. The van der Waals surface area contributed by atoms with Gasteiger partial charge in [0.25, 0.3) is 0 Å². The fraction of sp³-hybridized carbons (Fsp3) is 0.333. The molecule has 4 nitrogen and oxygen atoms in total. The first kappa shape index (κ1) is 12.2. The highest BCUT2D eigenvalue weighted by Gasteiger charge is 2.14. The maximum Gasteiger partial charge on any atom is 0.341 e. The van der Waals surface area contributed by atoms with Crippen LogP contribution in [0.3, 0.4) is 0 Å². The van der Waals surface area contributed by atoms with Gasteiger partial charge in [0.15, 0.2) is 0 Å². The second-order valence-corrected chi connectivity index (χ2v) is 3.44. The lowest BCUT2D eigenvalue weighted by molar-refractivity contribution is -0.136. The van der Waals surface area contributed by atoms with E-state index in [1.165, 1.54) is 0 Å². The van der Waals surface area contributed by atoms with Crippen LogP contribution in [0.15, 0.2) is 30.6 Å². The van der Waals surface area contributed by atoms with Crippen LogP contribution in [-0.4, -0.2) is 36.6 Å². The molecule has 0 unspecified atom stereocenters. The number of ether oxygens (including phenoxy) is 1. The summed E-state index contributed by atoms with van der Waals surface area (Å²) in [6.07, 6.45) is 3.36. The number of esters is 1. The van der Waals surface area contributed by atoms with Gasteiger partial charge in [-0.15, -0.1) is 0 Å². The van der Waals surface area contributed by atoms with E-state index in [1.807, 2.05) is 26.2 Å². The Labute approximate surface area is 95.6 Å². The first-order chi connectivity index (χ1) is 7.65. The summed E-state index contributed by atoms with van der Waals surface area (Å²) >= 11 is 0. The van der Waals surface area contributed by atoms with Crippen LogP contribution in [-0.2, 0) is 9.53 Å². The lowest BCUT2D eigenvalue weighted by Crippen LogP contribution is -2.12. The zero-order chi connectivity index (χ0) is 12.0. The molecule has 0 saturated carbocycles. The van der Waals surface area contributed by atoms with Crippen molar-refractivity contribution in [3.05, 3.63) is 36.3 Å². The topological polar surface area (TPSA) is 42.4 Å². The van der Waals surface area contributed by atoms with Crippen molar-refractivity contribution >= 4 is 11.5 Å². The van der Waals surface area contributed by atoms with Gasteiger partial charge in [-0.1, -0.05) is 6.07 Å². The molecule has 0 atom stereocenters. The minimum atomic E-state index is -0.352. The molecule has 0 fully saturated rings. The van der Waals surface area contributed by atoms with Gasteiger partial charge in [0.1, 0.15) is 5.57 Å². The molecule has 0 aliphatic carbocycles. The first-order valence-corrected chi connectivity index (χ1v) is 5.12. The normalized spacial score (nSPS) is 11.1. The Hall–Kier alpha value is -1.84. The van der Waals surface area contributed by atoms with Gasteiger partial charge in [-0.05, 0) is 19.1 Å². The molecule has 86 valence electrons. The van der Waals surface area contributed by atoms with Gasteiger partial charge in [-0.3, -0.25) is 4.98 Å². The van der Waals surface area contributed by atoms with E-state index in [1.54, 1.807) is 30.3 Å². The van der Waals surface area contributed by atoms with Crippen molar-refractivity contribution in [3.8, 4) is 0 Å². The van der Waals surface area contributed by atoms with E-state index in [0.717, 1.165) is 0 Å². The molecule has 0 radical (unpaired) electrons. The Morgan fingerprint density at radius 3 is 2.75 bits per heavy atom. The maximum absolute atomic E-state index is 11.7. The van der Waals surface area contributed by atoms with Crippen LogP contribution in [0.2, 0.25) is 0 Å². The number of nitrogens with zero attached hydrogens (tertiary/aromatic N) is 2. The quantitative estimate of drug-likeness (QED) is 0.570. The van der Waals surface area contributed by atoms with Gasteiger partial charge < -0.3 is 9.64 Å². The van der Waals surface area contributed by atoms with Crippen molar-refractivity contribution in [2.75, 3.05) is 20.7 Å². The van der Waals surface area contributed by atoms with Gasteiger partial charge in [0.2, 0.25) is 0 Å². The van der Waals surface area contributed by atoms with Crippen LogP contribution in [0.1, 0.15) is 12.6 Å². The number of carbonyl (C=O) groups is 1. The molecule has 0 N–H and O–H groups in total. The molecule has 1 rings (SSSR count). The summed E-state index contributed by atoms with van der Waals surface area (Å²) in [4.78, 5) is 17.7. The molecule has 1 aromatic rings. The van der Waals surface area contributed by atoms with E-state index < -0.39 is 0 Å². The summed E-state index contributed by atoms with van der Waals surface area (Å²) < 4.78 is 4.99. The molecular weight excluding hydrogens is 204 g/mol. The number of aromatic nitrogens is 1. The smallest absolute Gasteiger partial charge is 0.341 e. The summed E-state index contributed by atoms with van der Waals surface area (Å²) in [7, 11) is 3.70. The summed E-state index contributed by atoms with van der Waals surface area (Å²) in [5, 5.41) is 0. The Bertz CT molecular complexity index is 372. The van der Waals surface area contributed by atoms with E-state index in [4.69, 9.17) is 4.74 Å². The van der Waals surface area contributed by atoms with Crippen molar-refractivity contribution in [1.82, 2.24) is 9.88 Å². The van der Waals surface area contributed by atoms with E-state index >= 15 is 0 Å². The van der Waals surface area contributed by atoms with Crippen molar-refractivity contribution < 1.29 is 9.53 Å². The number of rotatable bonds is 4. The molecule has 0 spiro atoms. The average molecular weight is 220 g/mol. The molecule has 1 aromatic heterocycles. The van der Waals surface area contributed by atoms with Crippen molar-refractivity contribution in [1.29, 1.82) is 0 Å².